The Bertz CT molecular complexity index is 1050. The van der Waals surface area contributed by atoms with Gasteiger partial charge in [-0.05, 0) is 69.5 Å². The molecule has 1 aromatic heterocycles. The van der Waals surface area contributed by atoms with Crippen LogP contribution in [0.25, 0.3) is 10.2 Å². The molecule has 3 rings (SSSR count). The molecule has 0 fully saturated rings. The van der Waals surface area contributed by atoms with Crippen LogP contribution in [0.15, 0.2) is 35.4 Å². The van der Waals surface area contributed by atoms with Gasteiger partial charge in [0.2, 0.25) is 5.13 Å². The maximum atomic E-state index is 12.4. The average molecular weight is 397 g/mol. The lowest BCUT2D eigenvalue weighted by Crippen LogP contribution is -2.21. The summed E-state index contributed by atoms with van der Waals surface area (Å²) in [5, 5.41) is 7.91. The van der Waals surface area contributed by atoms with Crippen LogP contribution >= 0.6 is 11.3 Å². The molecule has 6 nitrogen and oxygen atoms in total. The third-order valence-electron chi connectivity index (χ3n) is 4.12. The topological polar surface area (TPSA) is 75.6 Å². The van der Waals surface area contributed by atoms with E-state index in [0.29, 0.717) is 5.75 Å². The predicted molar refractivity (Wildman–Crippen MR) is 117 cm³/mol. The van der Waals surface area contributed by atoms with Crippen molar-refractivity contribution < 1.29 is 9.53 Å². The largest absolute Gasteiger partial charge is 0.484 e. The molecular formula is C21H24N4O2S. The minimum atomic E-state index is -0.193. The van der Waals surface area contributed by atoms with Gasteiger partial charge in [0.15, 0.2) is 6.61 Å². The van der Waals surface area contributed by atoms with E-state index < -0.39 is 0 Å². The zero-order valence-electron chi connectivity index (χ0n) is 16.7. The van der Waals surface area contributed by atoms with Crippen molar-refractivity contribution in [1.29, 1.82) is 0 Å². The van der Waals surface area contributed by atoms with E-state index in [2.05, 4.69) is 20.8 Å². The molecule has 0 unspecified atom stereocenters. The lowest BCUT2D eigenvalue weighted by Gasteiger charge is -2.13. The van der Waals surface area contributed by atoms with E-state index in [-0.39, 0.29) is 12.5 Å². The Kier molecular flexibility index (Phi) is 5.94. The molecule has 0 saturated carbocycles. The second-order valence-electron chi connectivity index (χ2n) is 6.88. The van der Waals surface area contributed by atoms with Crippen LogP contribution in [-0.4, -0.2) is 23.2 Å². The first-order valence-electron chi connectivity index (χ1n) is 9.00. The highest BCUT2D eigenvalue weighted by atomic mass is 32.1. The van der Waals surface area contributed by atoms with Gasteiger partial charge in [-0.2, -0.15) is 5.10 Å². The lowest BCUT2D eigenvalue weighted by atomic mass is 10.1. The summed E-state index contributed by atoms with van der Waals surface area (Å²) in [6.45, 7) is 9.73. The normalized spacial score (nSPS) is 10.6. The van der Waals surface area contributed by atoms with Crippen LogP contribution in [0.5, 0.6) is 5.75 Å². The van der Waals surface area contributed by atoms with E-state index in [9.17, 15) is 4.79 Å². The molecule has 28 heavy (non-hydrogen) atoms. The van der Waals surface area contributed by atoms with Crippen LogP contribution in [-0.2, 0) is 4.79 Å². The van der Waals surface area contributed by atoms with Crippen LogP contribution in [0, 0.1) is 20.8 Å². The molecule has 0 spiro atoms. The highest BCUT2D eigenvalue weighted by Gasteiger charge is 2.15. The summed E-state index contributed by atoms with van der Waals surface area (Å²) in [4.78, 5) is 17.0. The Balaban J connectivity index is 1.76. The molecule has 146 valence electrons. The number of carbonyl (C=O) groups excluding carboxylic acids is 1. The van der Waals surface area contributed by atoms with Gasteiger partial charge >= 0.3 is 0 Å². The number of amides is 1. The number of hydrogen-bond acceptors (Lipinski definition) is 6. The monoisotopic (exact) mass is 396 g/mol. The first-order chi connectivity index (χ1) is 13.3. The number of rotatable bonds is 6. The van der Waals surface area contributed by atoms with Crippen molar-refractivity contribution in [3.63, 3.8) is 0 Å². The second-order valence-corrected chi connectivity index (χ2v) is 7.88. The molecule has 2 aromatic carbocycles. The molecule has 2 N–H and O–H groups in total. The van der Waals surface area contributed by atoms with Gasteiger partial charge in [0.1, 0.15) is 5.75 Å². The zero-order valence-corrected chi connectivity index (χ0v) is 17.5. The van der Waals surface area contributed by atoms with E-state index >= 15 is 0 Å². The van der Waals surface area contributed by atoms with Crippen LogP contribution in [0.3, 0.4) is 0 Å². The fourth-order valence-corrected chi connectivity index (χ4v) is 3.71. The van der Waals surface area contributed by atoms with Crippen LogP contribution in [0.2, 0.25) is 0 Å². The maximum Gasteiger partial charge on any atom is 0.262 e. The summed E-state index contributed by atoms with van der Waals surface area (Å²) < 4.78 is 6.62. The molecular weight excluding hydrogens is 372 g/mol. The van der Waals surface area contributed by atoms with E-state index in [0.717, 1.165) is 43.4 Å². The molecule has 0 aliphatic heterocycles. The standard InChI is InChI=1S/C21H24N4O2S/c1-12(2)24-25-21-22-17-10-14(4)19(15(5)20(17)28-21)23-18(26)11-27-16-8-6-7-13(3)9-16/h6-10H,11H2,1-5H3,(H,22,25)(H,23,26). The number of hydrogen-bond donors (Lipinski definition) is 2. The molecule has 0 aliphatic rings. The second kappa shape index (κ2) is 8.39. The molecule has 7 heteroatoms. The van der Waals surface area contributed by atoms with Gasteiger partial charge in [-0.1, -0.05) is 23.5 Å². The fourth-order valence-electron chi connectivity index (χ4n) is 2.81. The number of aromatic nitrogens is 1. The summed E-state index contributed by atoms with van der Waals surface area (Å²) in [6, 6.07) is 9.62. The quantitative estimate of drug-likeness (QED) is 0.452. The van der Waals surface area contributed by atoms with Crippen LogP contribution < -0.4 is 15.5 Å². The smallest absolute Gasteiger partial charge is 0.262 e. The van der Waals surface area contributed by atoms with E-state index in [1.54, 1.807) is 0 Å². The molecule has 0 bridgehead atoms. The summed E-state index contributed by atoms with van der Waals surface area (Å²) in [5.74, 6) is 0.491. The molecule has 0 radical (unpaired) electrons. The Morgan fingerprint density at radius 1 is 1.21 bits per heavy atom. The van der Waals surface area contributed by atoms with Gasteiger partial charge in [0, 0.05) is 11.4 Å². The number of anilines is 2. The Hall–Kier alpha value is -2.93. The van der Waals surface area contributed by atoms with Gasteiger partial charge in [-0.15, -0.1) is 0 Å². The number of ether oxygens (including phenoxy) is 1. The SMILES string of the molecule is CC(C)=NNc1nc2cc(C)c(NC(=O)COc3cccc(C)c3)c(C)c2s1. The molecule has 0 aliphatic carbocycles. The summed E-state index contributed by atoms with van der Waals surface area (Å²) >= 11 is 1.52. The fraction of sp³-hybridized carbons (Fsp3) is 0.286. The van der Waals surface area contributed by atoms with Gasteiger partial charge < -0.3 is 10.1 Å². The number of carbonyl (C=O) groups is 1. The van der Waals surface area contributed by atoms with Crippen molar-refractivity contribution in [3.05, 3.63) is 47.0 Å². The van der Waals surface area contributed by atoms with Gasteiger partial charge in [-0.3, -0.25) is 10.2 Å². The maximum absolute atomic E-state index is 12.4. The summed E-state index contributed by atoms with van der Waals surface area (Å²) in [7, 11) is 0. The van der Waals surface area contributed by atoms with Gasteiger partial charge in [0.05, 0.1) is 10.2 Å². The predicted octanol–water partition coefficient (Wildman–Crippen LogP) is 5.05. The van der Waals surface area contributed by atoms with E-state index in [1.807, 2.05) is 65.0 Å². The Labute approximate surface area is 168 Å². The molecule has 1 amide bonds. The van der Waals surface area contributed by atoms with Crippen molar-refractivity contribution in [3.8, 4) is 5.75 Å². The minimum Gasteiger partial charge on any atom is -0.484 e. The van der Waals surface area contributed by atoms with Crippen molar-refractivity contribution in [2.75, 3.05) is 17.3 Å². The van der Waals surface area contributed by atoms with Gasteiger partial charge in [0.25, 0.3) is 5.91 Å². The summed E-state index contributed by atoms with van der Waals surface area (Å²) in [6.07, 6.45) is 0. The average Bonchev–Trinajstić information content (AvgIpc) is 3.05. The van der Waals surface area contributed by atoms with Crippen LogP contribution in [0.1, 0.15) is 30.5 Å². The Morgan fingerprint density at radius 2 is 2.00 bits per heavy atom. The zero-order chi connectivity index (χ0) is 20.3. The molecule has 0 saturated heterocycles. The van der Waals surface area contributed by atoms with Crippen molar-refractivity contribution in [2.45, 2.75) is 34.6 Å². The minimum absolute atomic E-state index is 0.0413. The first-order valence-corrected chi connectivity index (χ1v) is 9.82. The molecule has 3 aromatic rings. The summed E-state index contributed by atoms with van der Waals surface area (Å²) in [5.41, 5.74) is 8.62. The van der Waals surface area contributed by atoms with E-state index in [1.165, 1.54) is 11.3 Å². The number of nitrogens with one attached hydrogen (secondary N) is 2. The van der Waals surface area contributed by atoms with Crippen LogP contribution in [0.4, 0.5) is 10.8 Å². The van der Waals surface area contributed by atoms with Crippen molar-refractivity contribution in [2.24, 2.45) is 5.10 Å². The Morgan fingerprint density at radius 3 is 2.71 bits per heavy atom. The number of nitrogens with zero attached hydrogens (tertiary/aromatic N) is 2. The number of aryl methyl sites for hydroxylation is 3. The number of fused-ring (bicyclic) bond motifs is 1. The van der Waals surface area contributed by atoms with Crippen molar-refractivity contribution in [1.82, 2.24) is 4.98 Å². The van der Waals surface area contributed by atoms with E-state index in [4.69, 9.17) is 4.74 Å². The van der Waals surface area contributed by atoms with Crippen molar-refractivity contribution >= 4 is 44.0 Å². The number of benzene rings is 2. The molecule has 1 heterocycles. The highest BCUT2D eigenvalue weighted by Crippen LogP contribution is 2.35. The number of hydrazone groups is 1. The lowest BCUT2D eigenvalue weighted by molar-refractivity contribution is -0.118. The highest BCUT2D eigenvalue weighted by molar-refractivity contribution is 7.22. The first kappa shape index (κ1) is 19.8. The van der Waals surface area contributed by atoms with Gasteiger partial charge in [-0.25, -0.2) is 4.98 Å². The third kappa shape index (κ3) is 4.67. The third-order valence-corrected chi connectivity index (χ3v) is 5.21. The number of thiazole rings is 1. The molecule has 0 atom stereocenters.